The lowest BCUT2D eigenvalue weighted by Crippen LogP contribution is -2.31. The molecule has 0 fully saturated rings. The summed E-state index contributed by atoms with van der Waals surface area (Å²) in [6.45, 7) is 5.38. The van der Waals surface area contributed by atoms with Crippen molar-refractivity contribution in [3.05, 3.63) is 89.8 Å². The number of allylic oxidation sites excluding steroid dienone is 2. The molecule has 0 atom stereocenters. The third kappa shape index (κ3) is 12.2. The first-order valence-electron chi connectivity index (χ1n) is 16.3. The molecule has 2 nitrogen and oxygen atoms in total. The molecule has 0 amide bonds. The van der Waals surface area contributed by atoms with E-state index in [0.717, 1.165) is 32.3 Å². The van der Waals surface area contributed by atoms with Gasteiger partial charge in [-0.15, -0.1) is 0 Å². The molecule has 0 aliphatic heterocycles. The van der Waals surface area contributed by atoms with Crippen molar-refractivity contribution in [1.29, 1.82) is 0 Å². The smallest absolute Gasteiger partial charge is 0.105 e. The number of hydrogen-bond donors (Lipinski definition) is 0. The molecule has 1 aromatic carbocycles. The van der Waals surface area contributed by atoms with Gasteiger partial charge in [-0.3, -0.25) is 4.98 Å². The van der Waals surface area contributed by atoms with Gasteiger partial charge in [-0.1, -0.05) is 152 Å². The number of nitrogens with zero attached hydrogens (tertiary/aromatic N) is 1. The Balaban J connectivity index is 1.48. The van der Waals surface area contributed by atoms with Crippen LogP contribution in [0, 0.1) is 0 Å². The maximum atomic E-state index is 6.63. The minimum absolute atomic E-state index is 0.325. The van der Waals surface area contributed by atoms with E-state index in [0.29, 0.717) is 5.92 Å². The van der Waals surface area contributed by atoms with Crippen LogP contribution < -0.4 is 0 Å². The van der Waals surface area contributed by atoms with Gasteiger partial charge in [0.2, 0.25) is 0 Å². The first kappa shape index (κ1) is 31.3. The molecule has 0 radical (unpaired) electrons. The number of aromatic nitrogens is 1. The molecule has 1 heterocycles. The normalized spacial score (nSPS) is 18.6. The maximum absolute atomic E-state index is 6.63. The van der Waals surface area contributed by atoms with Gasteiger partial charge in [0.1, 0.15) is 5.60 Å². The highest BCUT2D eigenvalue weighted by Crippen LogP contribution is 2.32. The average molecular weight is 530 g/mol. The van der Waals surface area contributed by atoms with Crippen molar-refractivity contribution in [3.63, 3.8) is 0 Å². The van der Waals surface area contributed by atoms with E-state index in [1.54, 1.807) is 0 Å². The predicted molar refractivity (Wildman–Crippen MR) is 168 cm³/mol. The van der Waals surface area contributed by atoms with Crippen molar-refractivity contribution in [1.82, 2.24) is 4.98 Å². The third-order valence-corrected chi connectivity index (χ3v) is 8.20. The minimum atomic E-state index is -0.328. The van der Waals surface area contributed by atoms with Gasteiger partial charge in [-0.2, -0.15) is 0 Å². The highest BCUT2D eigenvalue weighted by atomic mass is 16.5. The van der Waals surface area contributed by atoms with E-state index in [9.17, 15) is 0 Å². The Morgan fingerprint density at radius 3 is 1.90 bits per heavy atom. The summed E-state index contributed by atoms with van der Waals surface area (Å²) in [7, 11) is 0. The Morgan fingerprint density at radius 2 is 1.28 bits per heavy atom. The van der Waals surface area contributed by atoms with E-state index >= 15 is 0 Å². The molecule has 1 aliphatic carbocycles. The van der Waals surface area contributed by atoms with Crippen LogP contribution in [0.1, 0.15) is 133 Å². The lowest BCUT2D eigenvalue weighted by Gasteiger charge is -2.32. The van der Waals surface area contributed by atoms with Gasteiger partial charge in [-0.25, -0.2) is 0 Å². The summed E-state index contributed by atoms with van der Waals surface area (Å²) in [5.41, 5.74) is 3.56. The summed E-state index contributed by atoms with van der Waals surface area (Å²) in [5.74, 6) is 0.325. The van der Waals surface area contributed by atoms with Crippen molar-refractivity contribution < 1.29 is 4.74 Å². The zero-order chi connectivity index (χ0) is 27.4. The zero-order valence-corrected chi connectivity index (χ0v) is 25.1. The number of pyridine rings is 1. The SMILES string of the molecule is CCCCCCCCCOC1(CCc2ccc(CCCCCCCCC)cn2)C=CC(c2ccccc2)C=C1. The van der Waals surface area contributed by atoms with Gasteiger partial charge in [-0.05, 0) is 49.3 Å². The van der Waals surface area contributed by atoms with E-state index in [2.05, 4.69) is 86.8 Å². The maximum Gasteiger partial charge on any atom is 0.105 e. The van der Waals surface area contributed by atoms with Crippen LogP contribution in [0.5, 0.6) is 0 Å². The molecule has 2 aromatic rings. The highest BCUT2D eigenvalue weighted by molar-refractivity contribution is 5.35. The quantitative estimate of drug-likeness (QED) is 0.118. The fourth-order valence-electron chi connectivity index (χ4n) is 5.57. The van der Waals surface area contributed by atoms with E-state index in [4.69, 9.17) is 9.72 Å². The van der Waals surface area contributed by atoms with Crippen molar-refractivity contribution >= 4 is 0 Å². The molecule has 0 saturated carbocycles. The fourth-order valence-corrected chi connectivity index (χ4v) is 5.57. The lowest BCUT2D eigenvalue weighted by molar-refractivity contribution is 0.0179. The van der Waals surface area contributed by atoms with Crippen LogP contribution >= 0.6 is 0 Å². The van der Waals surface area contributed by atoms with Crippen LogP contribution in [-0.2, 0) is 17.6 Å². The van der Waals surface area contributed by atoms with E-state index in [1.165, 1.54) is 100 Å². The Kier molecular flexibility index (Phi) is 15.3. The second-order valence-corrected chi connectivity index (χ2v) is 11.6. The first-order chi connectivity index (χ1) is 19.2. The number of rotatable bonds is 21. The summed E-state index contributed by atoms with van der Waals surface area (Å²) in [6.07, 6.45) is 33.1. The van der Waals surface area contributed by atoms with Crippen LogP contribution in [0.3, 0.4) is 0 Å². The minimum Gasteiger partial charge on any atom is -0.367 e. The molecule has 0 N–H and O–H groups in total. The number of aryl methyl sites for hydroxylation is 2. The zero-order valence-electron chi connectivity index (χ0n) is 25.1. The predicted octanol–water partition coefficient (Wildman–Crippen LogP) is 10.7. The number of hydrogen-bond acceptors (Lipinski definition) is 2. The molecule has 0 unspecified atom stereocenters. The fraction of sp³-hybridized carbons (Fsp3) is 0.595. The molecule has 39 heavy (non-hydrogen) atoms. The van der Waals surface area contributed by atoms with Gasteiger partial charge in [0.25, 0.3) is 0 Å². The third-order valence-electron chi connectivity index (χ3n) is 8.20. The van der Waals surface area contributed by atoms with Crippen LogP contribution in [0.2, 0.25) is 0 Å². The molecule has 0 saturated heterocycles. The summed E-state index contributed by atoms with van der Waals surface area (Å²) < 4.78 is 6.63. The molecule has 1 aliphatic rings. The van der Waals surface area contributed by atoms with Crippen LogP contribution in [0.4, 0.5) is 0 Å². The Hall–Kier alpha value is -2.19. The molecular weight excluding hydrogens is 474 g/mol. The van der Waals surface area contributed by atoms with Gasteiger partial charge >= 0.3 is 0 Å². The van der Waals surface area contributed by atoms with Crippen molar-refractivity contribution in [2.75, 3.05) is 6.61 Å². The molecule has 0 spiro atoms. The van der Waals surface area contributed by atoms with E-state index in [1.807, 2.05) is 0 Å². The molecular formula is C37H55NO. The average Bonchev–Trinajstić information content (AvgIpc) is 2.98. The molecule has 214 valence electrons. The van der Waals surface area contributed by atoms with Gasteiger partial charge < -0.3 is 4.74 Å². The summed E-state index contributed by atoms with van der Waals surface area (Å²) in [5, 5.41) is 0. The van der Waals surface area contributed by atoms with Crippen LogP contribution in [0.25, 0.3) is 0 Å². The van der Waals surface area contributed by atoms with Crippen LogP contribution in [0.15, 0.2) is 73.0 Å². The second-order valence-electron chi connectivity index (χ2n) is 11.6. The number of benzene rings is 1. The molecule has 1 aromatic heterocycles. The molecule has 3 rings (SSSR count). The Labute approximate surface area is 240 Å². The number of unbranched alkanes of at least 4 members (excludes halogenated alkanes) is 12. The topological polar surface area (TPSA) is 22.1 Å². The highest BCUT2D eigenvalue weighted by Gasteiger charge is 2.28. The summed E-state index contributed by atoms with van der Waals surface area (Å²) in [4.78, 5) is 4.84. The van der Waals surface area contributed by atoms with Crippen molar-refractivity contribution in [2.45, 2.75) is 135 Å². The van der Waals surface area contributed by atoms with E-state index < -0.39 is 0 Å². The van der Waals surface area contributed by atoms with Gasteiger partial charge in [0.05, 0.1) is 0 Å². The standard InChI is InChI=1S/C37H55NO/c1-3-5-7-9-11-13-16-20-33-23-24-36(38-32-33)27-30-37(39-31-19-14-12-10-8-6-4-2)28-25-35(26-29-37)34-21-17-15-18-22-34/h15,17-18,21-26,28-29,32,35H,3-14,16,19-20,27,30-31H2,1-2H3. The summed E-state index contributed by atoms with van der Waals surface area (Å²) >= 11 is 0. The van der Waals surface area contributed by atoms with Gasteiger partial charge in [0.15, 0.2) is 0 Å². The Bertz CT molecular complexity index is 916. The van der Waals surface area contributed by atoms with Crippen molar-refractivity contribution in [3.8, 4) is 0 Å². The van der Waals surface area contributed by atoms with E-state index in [-0.39, 0.29) is 5.60 Å². The second kappa shape index (κ2) is 19.0. The lowest BCUT2D eigenvalue weighted by atomic mass is 9.85. The Morgan fingerprint density at radius 1 is 0.667 bits per heavy atom. The van der Waals surface area contributed by atoms with Crippen LogP contribution in [-0.4, -0.2) is 17.2 Å². The monoisotopic (exact) mass is 529 g/mol. The number of ether oxygens (including phenoxy) is 1. The van der Waals surface area contributed by atoms with Crippen molar-refractivity contribution in [2.24, 2.45) is 0 Å². The molecule has 2 heteroatoms. The largest absolute Gasteiger partial charge is 0.367 e. The van der Waals surface area contributed by atoms with Gasteiger partial charge in [0, 0.05) is 24.4 Å². The first-order valence-corrected chi connectivity index (χ1v) is 16.3. The summed E-state index contributed by atoms with van der Waals surface area (Å²) in [6, 6.07) is 15.3. The molecule has 0 bridgehead atoms.